The summed E-state index contributed by atoms with van der Waals surface area (Å²) in [5, 5.41) is 2.64. The predicted octanol–water partition coefficient (Wildman–Crippen LogP) is 2.36. The molecular formula is C14H13BrF2N2O2. The summed E-state index contributed by atoms with van der Waals surface area (Å²) >= 11 is 3.00. The van der Waals surface area contributed by atoms with Gasteiger partial charge in [-0.25, -0.2) is 8.78 Å². The topological polar surface area (TPSA) is 49.4 Å². The van der Waals surface area contributed by atoms with Crippen molar-refractivity contribution in [1.29, 1.82) is 0 Å². The molecule has 112 valence electrons. The molecule has 1 heterocycles. The summed E-state index contributed by atoms with van der Waals surface area (Å²) in [6.07, 6.45) is 1.68. The van der Waals surface area contributed by atoms with Crippen molar-refractivity contribution >= 4 is 33.4 Å². The molecule has 1 saturated carbocycles. The Hall–Kier alpha value is -1.50. The number of nitrogens with one attached hydrogen (secondary N) is 1. The molecule has 2 fully saturated rings. The van der Waals surface area contributed by atoms with E-state index in [1.54, 1.807) is 0 Å². The molecule has 3 rings (SSSR count). The first-order valence-electron chi connectivity index (χ1n) is 6.68. The third kappa shape index (κ3) is 2.43. The smallest absolute Gasteiger partial charge is 0.250 e. The van der Waals surface area contributed by atoms with Crippen LogP contribution in [0.15, 0.2) is 16.6 Å². The first-order valence-corrected chi connectivity index (χ1v) is 7.47. The molecule has 1 aromatic carbocycles. The van der Waals surface area contributed by atoms with Crippen LogP contribution in [0.4, 0.5) is 14.5 Å². The average Bonchev–Trinajstić information content (AvgIpc) is 3.21. The summed E-state index contributed by atoms with van der Waals surface area (Å²) < 4.78 is 28.5. The molecule has 2 atom stereocenters. The van der Waals surface area contributed by atoms with Crippen molar-refractivity contribution in [3.8, 4) is 0 Å². The van der Waals surface area contributed by atoms with E-state index in [0.717, 1.165) is 29.9 Å². The van der Waals surface area contributed by atoms with Gasteiger partial charge in [0.25, 0.3) is 5.91 Å². The first-order chi connectivity index (χ1) is 9.90. The van der Waals surface area contributed by atoms with Crippen molar-refractivity contribution in [2.45, 2.75) is 31.8 Å². The van der Waals surface area contributed by atoms with Gasteiger partial charge in [-0.05, 0) is 37.8 Å². The molecule has 2 aliphatic rings. The van der Waals surface area contributed by atoms with Crippen molar-refractivity contribution in [1.82, 2.24) is 5.32 Å². The molecule has 2 unspecified atom stereocenters. The third-order valence-corrected chi connectivity index (χ3v) is 4.34. The van der Waals surface area contributed by atoms with E-state index in [-0.39, 0.29) is 10.4 Å². The zero-order chi connectivity index (χ0) is 15.3. The fourth-order valence-electron chi connectivity index (χ4n) is 2.61. The van der Waals surface area contributed by atoms with Gasteiger partial charge in [0.1, 0.15) is 17.8 Å². The van der Waals surface area contributed by atoms with E-state index >= 15 is 0 Å². The molecule has 0 aromatic heterocycles. The lowest BCUT2D eigenvalue weighted by Gasteiger charge is -2.37. The highest BCUT2D eigenvalue weighted by Gasteiger charge is 2.47. The Balaban J connectivity index is 2.06. The molecule has 21 heavy (non-hydrogen) atoms. The number of amides is 2. The number of benzene rings is 1. The summed E-state index contributed by atoms with van der Waals surface area (Å²) in [6.45, 7) is 1.46. The van der Waals surface area contributed by atoms with E-state index in [2.05, 4.69) is 21.2 Å². The lowest BCUT2D eigenvalue weighted by atomic mass is 10.0. The Bertz CT molecular complexity index is 610. The van der Waals surface area contributed by atoms with Crippen molar-refractivity contribution in [3.05, 3.63) is 28.2 Å². The zero-order valence-electron chi connectivity index (χ0n) is 11.2. The van der Waals surface area contributed by atoms with Gasteiger partial charge in [0.05, 0.1) is 0 Å². The van der Waals surface area contributed by atoms with Crippen LogP contribution in [0.1, 0.15) is 19.8 Å². The second-order valence-electron chi connectivity index (χ2n) is 5.43. The van der Waals surface area contributed by atoms with Crippen molar-refractivity contribution in [2.75, 3.05) is 4.90 Å². The quantitative estimate of drug-likeness (QED) is 0.882. The van der Waals surface area contributed by atoms with E-state index in [1.807, 2.05) is 0 Å². The second kappa shape index (κ2) is 5.05. The van der Waals surface area contributed by atoms with E-state index in [0.29, 0.717) is 0 Å². The van der Waals surface area contributed by atoms with Crippen LogP contribution in [-0.2, 0) is 9.59 Å². The lowest BCUT2D eigenvalue weighted by Crippen LogP contribution is -2.63. The largest absolute Gasteiger partial charge is 0.342 e. The molecule has 7 heteroatoms. The van der Waals surface area contributed by atoms with Crippen LogP contribution >= 0.6 is 15.9 Å². The van der Waals surface area contributed by atoms with E-state index in [1.165, 1.54) is 6.92 Å². The zero-order valence-corrected chi connectivity index (χ0v) is 12.8. The van der Waals surface area contributed by atoms with Gasteiger partial charge in [-0.1, -0.05) is 15.9 Å². The van der Waals surface area contributed by atoms with E-state index < -0.39 is 41.2 Å². The molecular weight excluding hydrogens is 346 g/mol. The summed E-state index contributed by atoms with van der Waals surface area (Å²) in [6, 6.07) is 0.530. The van der Waals surface area contributed by atoms with Crippen molar-refractivity contribution in [2.24, 2.45) is 5.92 Å². The fraction of sp³-hybridized carbons (Fsp3) is 0.429. The summed E-state index contributed by atoms with van der Waals surface area (Å²) in [7, 11) is 0. The number of hydrogen-bond acceptors (Lipinski definition) is 2. The number of carbonyl (C=O) groups is 2. The highest BCUT2D eigenvalue weighted by Crippen LogP contribution is 2.37. The predicted molar refractivity (Wildman–Crippen MR) is 75.7 cm³/mol. The minimum Gasteiger partial charge on any atom is -0.342 e. The molecule has 1 aromatic rings. The number of anilines is 1. The number of carbonyl (C=O) groups excluding carboxylic acids is 2. The summed E-state index contributed by atoms with van der Waals surface area (Å²) in [4.78, 5) is 25.5. The highest BCUT2D eigenvalue weighted by molar-refractivity contribution is 9.10. The number of rotatable bonds is 2. The molecule has 0 spiro atoms. The third-order valence-electron chi connectivity index (χ3n) is 3.88. The van der Waals surface area contributed by atoms with Crippen molar-refractivity contribution < 1.29 is 18.4 Å². The second-order valence-corrected chi connectivity index (χ2v) is 6.34. The molecule has 1 aliphatic carbocycles. The van der Waals surface area contributed by atoms with Gasteiger partial charge in [0.2, 0.25) is 5.91 Å². The first kappa shape index (κ1) is 14.4. The maximum Gasteiger partial charge on any atom is 0.250 e. The molecule has 1 aliphatic heterocycles. The Labute approximate surface area is 128 Å². The van der Waals surface area contributed by atoms with Crippen LogP contribution in [0.5, 0.6) is 0 Å². The van der Waals surface area contributed by atoms with E-state index in [4.69, 9.17) is 0 Å². The minimum absolute atomic E-state index is 0.0676. The Morgan fingerprint density at radius 2 is 1.81 bits per heavy atom. The van der Waals surface area contributed by atoms with Gasteiger partial charge in [-0.3, -0.25) is 14.5 Å². The minimum atomic E-state index is -0.947. The van der Waals surface area contributed by atoms with Crippen molar-refractivity contribution in [3.63, 3.8) is 0 Å². The Morgan fingerprint density at radius 3 is 2.33 bits per heavy atom. The lowest BCUT2D eigenvalue weighted by molar-refractivity contribution is -0.134. The van der Waals surface area contributed by atoms with Crippen LogP contribution in [0.3, 0.4) is 0 Å². The summed E-state index contributed by atoms with van der Waals surface area (Å²) in [5.74, 6) is -2.52. The maximum absolute atomic E-state index is 14.1. The maximum atomic E-state index is 14.1. The molecule has 1 N–H and O–H groups in total. The summed E-state index contributed by atoms with van der Waals surface area (Å²) in [5.41, 5.74) is -0.462. The monoisotopic (exact) mass is 358 g/mol. The molecule has 2 amide bonds. The van der Waals surface area contributed by atoms with E-state index in [9.17, 15) is 18.4 Å². The molecule has 0 radical (unpaired) electrons. The Morgan fingerprint density at radius 1 is 1.24 bits per heavy atom. The highest BCUT2D eigenvalue weighted by atomic mass is 79.9. The van der Waals surface area contributed by atoms with Gasteiger partial charge in [-0.2, -0.15) is 0 Å². The number of hydrogen-bond donors (Lipinski definition) is 1. The van der Waals surface area contributed by atoms with Crippen LogP contribution in [0, 0.1) is 17.6 Å². The normalized spacial score (nSPS) is 26.0. The number of halogens is 3. The van der Waals surface area contributed by atoms with Gasteiger partial charge >= 0.3 is 0 Å². The number of piperazine rings is 1. The SMILES string of the molecule is CC1C(=O)NC(C2CC2)C(=O)N1c1c(F)cc(Br)cc1F. The standard InChI is InChI=1S/C14H13BrF2N2O2/c1-6-13(20)18-11(7-2-3-7)14(21)19(6)12-9(16)4-8(15)5-10(12)17/h4-7,11H,2-3H2,1H3,(H,18,20). The van der Waals surface area contributed by atoms with Crippen LogP contribution < -0.4 is 10.2 Å². The van der Waals surface area contributed by atoms with Crippen LogP contribution in [-0.4, -0.2) is 23.9 Å². The van der Waals surface area contributed by atoms with Crippen LogP contribution in [0.25, 0.3) is 0 Å². The van der Waals surface area contributed by atoms with Gasteiger partial charge in [0.15, 0.2) is 11.6 Å². The van der Waals surface area contributed by atoms with Gasteiger partial charge in [0, 0.05) is 4.47 Å². The van der Waals surface area contributed by atoms with Gasteiger partial charge < -0.3 is 5.32 Å². The Kier molecular flexibility index (Phi) is 3.47. The molecule has 4 nitrogen and oxygen atoms in total. The molecule has 1 saturated heterocycles. The van der Waals surface area contributed by atoms with Crippen LogP contribution in [0.2, 0.25) is 0 Å². The van der Waals surface area contributed by atoms with Gasteiger partial charge in [-0.15, -0.1) is 0 Å². The molecule has 0 bridgehead atoms. The average molecular weight is 359 g/mol. The fourth-order valence-corrected chi connectivity index (χ4v) is 3.01. The number of nitrogens with zero attached hydrogens (tertiary/aromatic N) is 1.